The Hall–Kier alpha value is -2.54. The van der Waals surface area contributed by atoms with Crippen molar-refractivity contribution in [2.45, 2.75) is 31.1 Å². The van der Waals surface area contributed by atoms with Gasteiger partial charge in [-0.05, 0) is 28.7 Å². The lowest BCUT2D eigenvalue weighted by molar-refractivity contribution is 0.354. The highest BCUT2D eigenvalue weighted by Gasteiger charge is 2.16. The molecule has 26 heavy (non-hydrogen) atoms. The maximum absolute atomic E-state index is 12.4. The molecule has 0 unspecified atom stereocenters. The first kappa shape index (κ1) is 19.8. The van der Waals surface area contributed by atoms with Crippen LogP contribution in [0, 0.1) is 0 Å². The van der Waals surface area contributed by atoms with Crippen molar-refractivity contribution >= 4 is 16.2 Å². The second-order valence-electron chi connectivity index (χ2n) is 6.74. The maximum Gasteiger partial charge on any atom is 0.276 e. The normalized spacial score (nSPS) is 12.2. The minimum atomic E-state index is -3.80. The van der Waals surface area contributed by atoms with Gasteiger partial charge >= 0.3 is 0 Å². The SMILES string of the molecule is COc1ccc(S(=O)(=O)N/N=C/c2ccc(C(C)(C)C)cc2)cc1OC. The number of hydrogen-bond acceptors (Lipinski definition) is 5. The number of rotatable bonds is 6. The molecular formula is C19H24N2O4S. The van der Waals surface area contributed by atoms with Crippen molar-refractivity contribution in [3.8, 4) is 11.5 Å². The van der Waals surface area contributed by atoms with Crippen LogP contribution in [0.2, 0.25) is 0 Å². The molecule has 0 aliphatic heterocycles. The largest absolute Gasteiger partial charge is 0.493 e. The van der Waals surface area contributed by atoms with Crippen LogP contribution in [0.3, 0.4) is 0 Å². The average molecular weight is 376 g/mol. The van der Waals surface area contributed by atoms with E-state index in [2.05, 4.69) is 30.7 Å². The first-order valence-electron chi connectivity index (χ1n) is 8.05. The molecule has 0 spiro atoms. The molecule has 0 aromatic heterocycles. The quantitative estimate of drug-likeness (QED) is 0.620. The fourth-order valence-corrected chi connectivity index (χ4v) is 3.08. The minimum Gasteiger partial charge on any atom is -0.493 e. The Morgan fingerprint density at radius 3 is 2.12 bits per heavy atom. The summed E-state index contributed by atoms with van der Waals surface area (Å²) < 4.78 is 34.9. The van der Waals surface area contributed by atoms with E-state index in [1.54, 1.807) is 0 Å². The van der Waals surface area contributed by atoms with Crippen LogP contribution in [0.5, 0.6) is 11.5 Å². The molecule has 2 aromatic carbocycles. The van der Waals surface area contributed by atoms with Crippen molar-refractivity contribution in [3.63, 3.8) is 0 Å². The Balaban J connectivity index is 2.14. The molecule has 0 heterocycles. The third kappa shape index (κ3) is 4.76. The zero-order valence-electron chi connectivity index (χ0n) is 15.6. The standard InChI is InChI=1S/C19H24N2O4S/c1-19(2,3)15-8-6-14(7-9-15)13-20-21-26(22,23)16-10-11-17(24-4)18(12-16)25-5/h6-13,21H,1-5H3/b20-13+. The summed E-state index contributed by atoms with van der Waals surface area (Å²) in [5.41, 5.74) is 2.05. The Morgan fingerprint density at radius 2 is 1.58 bits per heavy atom. The maximum atomic E-state index is 12.4. The predicted molar refractivity (Wildman–Crippen MR) is 103 cm³/mol. The number of nitrogens with one attached hydrogen (secondary N) is 1. The van der Waals surface area contributed by atoms with Crippen molar-refractivity contribution in [1.82, 2.24) is 4.83 Å². The monoisotopic (exact) mass is 376 g/mol. The number of benzene rings is 2. The molecule has 0 amide bonds. The van der Waals surface area contributed by atoms with Gasteiger partial charge in [0.25, 0.3) is 10.0 Å². The Bertz CT molecular complexity index is 883. The van der Waals surface area contributed by atoms with Gasteiger partial charge in [0.1, 0.15) is 0 Å². The second-order valence-corrected chi connectivity index (χ2v) is 8.40. The molecule has 0 fully saturated rings. The molecule has 6 nitrogen and oxygen atoms in total. The van der Waals surface area contributed by atoms with Crippen LogP contribution in [0.25, 0.3) is 0 Å². The van der Waals surface area contributed by atoms with Crippen LogP contribution in [0.4, 0.5) is 0 Å². The van der Waals surface area contributed by atoms with Crippen molar-refractivity contribution in [2.75, 3.05) is 14.2 Å². The second kappa shape index (κ2) is 7.78. The summed E-state index contributed by atoms with van der Waals surface area (Å²) in [5, 5.41) is 3.84. The van der Waals surface area contributed by atoms with E-state index in [0.717, 1.165) is 5.56 Å². The number of hydrogen-bond donors (Lipinski definition) is 1. The third-order valence-corrected chi connectivity index (χ3v) is 5.05. The van der Waals surface area contributed by atoms with Crippen LogP contribution in [-0.4, -0.2) is 28.9 Å². The smallest absolute Gasteiger partial charge is 0.276 e. The van der Waals surface area contributed by atoms with E-state index in [0.29, 0.717) is 11.5 Å². The van der Waals surface area contributed by atoms with Gasteiger partial charge in [-0.1, -0.05) is 45.0 Å². The molecule has 2 aromatic rings. The van der Waals surface area contributed by atoms with E-state index < -0.39 is 10.0 Å². The summed E-state index contributed by atoms with van der Waals surface area (Å²) >= 11 is 0. The molecule has 0 radical (unpaired) electrons. The first-order valence-corrected chi connectivity index (χ1v) is 9.53. The number of sulfonamides is 1. The molecular weight excluding hydrogens is 352 g/mol. The topological polar surface area (TPSA) is 77.0 Å². The zero-order chi connectivity index (χ0) is 19.4. The van der Waals surface area contributed by atoms with E-state index in [9.17, 15) is 8.42 Å². The molecule has 140 valence electrons. The van der Waals surface area contributed by atoms with Gasteiger partial charge in [0.2, 0.25) is 0 Å². The average Bonchev–Trinajstić information content (AvgIpc) is 2.60. The van der Waals surface area contributed by atoms with Crippen LogP contribution >= 0.6 is 0 Å². The minimum absolute atomic E-state index is 0.0374. The summed E-state index contributed by atoms with van der Waals surface area (Å²) in [6.45, 7) is 6.40. The highest BCUT2D eigenvalue weighted by atomic mass is 32.2. The van der Waals surface area contributed by atoms with E-state index in [-0.39, 0.29) is 10.3 Å². The van der Waals surface area contributed by atoms with E-state index >= 15 is 0 Å². The molecule has 0 bridgehead atoms. The Morgan fingerprint density at radius 1 is 0.962 bits per heavy atom. The van der Waals surface area contributed by atoms with Gasteiger partial charge < -0.3 is 9.47 Å². The lowest BCUT2D eigenvalue weighted by atomic mass is 9.87. The summed E-state index contributed by atoms with van der Waals surface area (Å²) in [7, 11) is -0.872. The molecule has 2 rings (SSSR count). The van der Waals surface area contributed by atoms with Gasteiger partial charge in [-0.2, -0.15) is 13.5 Å². The van der Waals surface area contributed by atoms with Crippen molar-refractivity contribution < 1.29 is 17.9 Å². The molecule has 0 atom stereocenters. The summed E-state index contributed by atoms with van der Waals surface area (Å²) in [5.74, 6) is 0.783. The van der Waals surface area contributed by atoms with E-state index in [1.165, 1.54) is 44.2 Å². The summed E-state index contributed by atoms with van der Waals surface area (Å²) in [4.78, 5) is 2.24. The highest BCUT2D eigenvalue weighted by molar-refractivity contribution is 7.89. The number of nitrogens with zero attached hydrogens (tertiary/aromatic N) is 1. The summed E-state index contributed by atoms with van der Waals surface area (Å²) in [6.07, 6.45) is 1.46. The van der Waals surface area contributed by atoms with E-state index in [1.807, 2.05) is 24.3 Å². The lowest BCUT2D eigenvalue weighted by Gasteiger charge is -2.18. The molecule has 7 heteroatoms. The summed E-state index contributed by atoms with van der Waals surface area (Å²) in [6, 6.07) is 12.1. The Kier molecular flexibility index (Phi) is 5.92. The van der Waals surface area contributed by atoms with Crippen molar-refractivity contribution in [1.29, 1.82) is 0 Å². The van der Waals surface area contributed by atoms with Crippen molar-refractivity contribution in [2.24, 2.45) is 5.10 Å². The van der Waals surface area contributed by atoms with Crippen LogP contribution < -0.4 is 14.3 Å². The van der Waals surface area contributed by atoms with Crippen LogP contribution in [0.15, 0.2) is 52.5 Å². The fraction of sp³-hybridized carbons (Fsp3) is 0.316. The number of methoxy groups -OCH3 is 2. The van der Waals surface area contributed by atoms with Crippen LogP contribution in [0.1, 0.15) is 31.9 Å². The van der Waals surface area contributed by atoms with Crippen molar-refractivity contribution in [3.05, 3.63) is 53.6 Å². The molecule has 0 saturated heterocycles. The van der Waals surface area contributed by atoms with Gasteiger partial charge in [-0.15, -0.1) is 0 Å². The van der Waals surface area contributed by atoms with Gasteiger partial charge in [0.15, 0.2) is 11.5 Å². The number of ether oxygens (including phenoxy) is 2. The van der Waals surface area contributed by atoms with Gasteiger partial charge in [-0.25, -0.2) is 4.83 Å². The number of hydrazone groups is 1. The highest BCUT2D eigenvalue weighted by Crippen LogP contribution is 2.29. The third-order valence-electron chi connectivity index (χ3n) is 3.83. The van der Waals surface area contributed by atoms with Gasteiger partial charge in [-0.3, -0.25) is 0 Å². The lowest BCUT2D eigenvalue weighted by Crippen LogP contribution is -2.18. The molecule has 0 aliphatic rings. The Labute approximate surface area is 154 Å². The molecule has 0 saturated carbocycles. The zero-order valence-corrected chi connectivity index (χ0v) is 16.4. The van der Waals surface area contributed by atoms with Gasteiger partial charge in [0, 0.05) is 6.07 Å². The first-order chi connectivity index (χ1) is 12.2. The fourth-order valence-electron chi connectivity index (χ4n) is 2.28. The van der Waals surface area contributed by atoms with Gasteiger partial charge in [0.05, 0.1) is 25.3 Å². The van der Waals surface area contributed by atoms with Crippen LogP contribution in [-0.2, 0) is 15.4 Å². The predicted octanol–water partition coefficient (Wildman–Crippen LogP) is 3.31. The molecule has 0 aliphatic carbocycles. The molecule has 1 N–H and O–H groups in total. The van der Waals surface area contributed by atoms with E-state index in [4.69, 9.17) is 9.47 Å².